The van der Waals surface area contributed by atoms with Gasteiger partial charge in [0.1, 0.15) is 11.5 Å². The summed E-state index contributed by atoms with van der Waals surface area (Å²) in [6.45, 7) is 0. The van der Waals surface area contributed by atoms with E-state index in [-0.39, 0.29) is 0 Å². The van der Waals surface area contributed by atoms with Gasteiger partial charge < -0.3 is 9.47 Å². The molecule has 1 unspecified atom stereocenters. The zero-order valence-electron chi connectivity index (χ0n) is 10.8. The van der Waals surface area contributed by atoms with Gasteiger partial charge >= 0.3 is 0 Å². The van der Waals surface area contributed by atoms with Gasteiger partial charge in [0.2, 0.25) is 0 Å². The van der Waals surface area contributed by atoms with Gasteiger partial charge in [-0.1, -0.05) is 67.2 Å². The van der Waals surface area contributed by atoms with Crippen LogP contribution in [0.15, 0.2) is 72.8 Å². The normalized spacial score (nSPS) is 12.1. The molecule has 1 atom stereocenters. The molecule has 0 aromatic heterocycles. The van der Waals surface area contributed by atoms with Crippen LogP contribution in [0.3, 0.4) is 0 Å². The first kappa shape index (κ1) is 12.9. The minimum atomic E-state index is -0.650. The zero-order valence-corrected chi connectivity index (χ0v) is 11.7. The number of para-hydroxylation sites is 1. The highest BCUT2D eigenvalue weighted by molar-refractivity contribution is 7.80. The molecule has 0 heterocycles. The number of benzene rings is 3. The van der Waals surface area contributed by atoms with Crippen LogP contribution in [0, 0.1) is 0 Å². The molecule has 0 saturated carbocycles. The summed E-state index contributed by atoms with van der Waals surface area (Å²) in [4.78, 5) is 0. The number of fused-ring (bicyclic) bond motifs is 1. The van der Waals surface area contributed by atoms with Gasteiger partial charge in [-0.3, -0.25) is 0 Å². The van der Waals surface area contributed by atoms with Crippen LogP contribution in [0.1, 0.15) is 0 Å². The van der Waals surface area contributed by atoms with E-state index in [2.05, 4.69) is 12.6 Å². The third-order valence-electron chi connectivity index (χ3n) is 2.96. The Morgan fingerprint density at radius 2 is 1.40 bits per heavy atom. The van der Waals surface area contributed by atoms with E-state index in [1.54, 1.807) is 0 Å². The lowest BCUT2D eigenvalue weighted by molar-refractivity contribution is 0.0879. The zero-order chi connectivity index (χ0) is 13.8. The molecule has 0 amide bonds. The minimum Gasteiger partial charge on any atom is -0.446 e. The molecule has 2 nitrogen and oxygen atoms in total. The average molecular weight is 282 g/mol. The SMILES string of the molecule is SC(Oc1ccccc1)Oc1cccc2ccccc12. The lowest BCUT2D eigenvalue weighted by Gasteiger charge is -2.16. The van der Waals surface area contributed by atoms with Crippen LogP contribution in [0.25, 0.3) is 10.8 Å². The first-order chi connectivity index (χ1) is 9.83. The van der Waals surface area contributed by atoms with Gasteiger partial charge in [0.25, 0.3) is 5.62 Å². The molecule has 3 heteroatoms. The van der Waals surface area contributed by atoms with E-state index in [4.69, 9.17) is 9.47 Å². The third kappa shape index (κ3) is 2.89. The maximum Gasteiger partial charge on any atom is 0.288 e. The Balaban J connectivity index is 1.79. The molecule has 0 aliphatic heterocycles. The first-order valence-corrected chi connectivity index (χ1v) is 6.89. The minimum absolute atomic E-state index is 0.650. The van der Waals surface area contributed by atoms with Gasteiger partial charge in [0, 0.05) is 5.39 Å². The van der Waals surface area contributed by atoms with E-state index in [0.717, 1.165) is 22.3 Å². The lowest BCUT2D eigenvalue weighted by atomic mass is 10.1. The predicted octanol–water partition coefficient (Wildman–Crippen LogP) is 4.51. The van der Waals surface area contributed by atoms with E-state index >= 15 is 0 Å². The molecule has 0 N–H and O–H groups in total. The quantitative estimate of drug-likeness (QED) is 0.560. The molecule has 0 aliphatic rings. The molecule has 0 bridgehead atoms. The molecule has 100 valence electrons. The van der Waals surface area contributed by atoms with Crippen molar-refractivity contribution in [3.8, 4) is 11.5 Å². The van der Waals surface area contributed by atoms with E-state index in [9.17, 15) is 0 Å². The Hall–Kier alpha value is -2.13. The maximum absolute atomic E-state index is 5.77. The second kappa shape index (κ2) is 5.88. The Labute approximate surface area is 123 Å². The monoisotopic (exact) mass is 282 g/mol. The summed E-state index contributed by atoms with van der Waals surface area (Å²) in [5, 5.41) is 2.18. The van der Waals surface area contributed by atoms with Crippen molar-refractivity contribution in [1.29, 1.82) is 0 Å². The summed E-state index contributed by atoms with van der Waals surface area (Å²) in [6, 6.07) is 23.5. The summed E-state index contributed by atoms with van der Waals surface area (Å²) in [6.07, 6.45) is 0. The average Bonchev–Trinajstić information content (AvgIpc) is 2.48. The Bertz CT molecular complexity index is 692. The van der Waals surface area contributed by atoms with Gasteiger partial charge in [0.15, 0.2) is 0 Å². The molecule has 0 aliphatic carbocycles. The number of hydrogen-bond acceptors (Lipinski definition) is 3. The lowest BCUT2D eigenvalue weighted by Crippen LogP contribution is -2.16. The number of rotatable bonds is 4. The highest BCUT2D eigenvalue weighted by Gasteiger charge is 2.08. The van der Waals surface area contributed by atoms with Crippen LogP contribution in [0.2, 0.25) is 0 Å². The molecule has 0 radical (unpaired) electrons. The van der Waals surface area contributed by atoms with E-state index < -0.39 is 5.62 Å². The maximum atomic E-state index is 5.77. The standard InChI is InChI=1S/C17H14O2S/c20-17(18-14-9-2-1-3-10-14)19-16-12-6-8-13-7-4-5-11-15(13)16/h1-12,17,20H. The molecule has 0 fully saturated rings. The second-order valence-electron chi connectivity index (χ2n) is 4.33. The molecular formula is C17H14O2S. The van der Waals surface area contributed by atoms with E-state index in [1.807, 2.05) is 72.8 Å². The van der Waals surface area contributed by atoms with Crippen LogP contribution in [-0.2, 0) is 0 Å². The Kier molecular flexibility index (Phi) is 3.79. The summed E-state index contributed by atoms with van der Waals surface area (Å²) < 4.78 is 11.4. The molecule has 3 aromatic carbocycles. The van der Waals surface area contributed by atoms with E-state index in [1.165, 1.54) is 0 Å². The largest absolute Gasteiger partial charge is 0.446 e. The van der Waals surface area contributed by atoms with Crippen molar-refractivity contribution in [2.24, 2.45) is 0 Å². The predicted molar refractivity (Wildman–Crippen MR) is 84.4 cm³/mol. The highest BCUT2D eigenvalue weighted by Crippen LogP contribution is 2.27. The number of ether oxygens (including phenoxy) is 2. The van der Waals surface area contributed by atoms with Crippen molar-refractivity contribution < 1.29 is 9.47 Å². The molecule has 3 aromatic rings. The van der Waals surface area contributed by atoms with Crippen LogP contribution in [-0.4, -0.2) is 5.62 Å². The van der Waals surface area contributed by atoms with Gasteiger partial charge in [-0.05, 0) is 23.6 Å². The first-order valence-electron chi connectivity index (χ1n) is 6.37. The van der Waals surface area contributed by atoms with E-state index in [0.29, 0.717) is 0 Å². The van der Waals surface area contributed by atoms with Crippen molar-refractivity contribution in [2.75, 3.05) is 0 Å². The second-order valence-corrected chi connectivity index (χ2v) is 4.75. The summed E-state index contributed by atoms with van der Waals surface area (Å²) >= 11 is 4.33. The molecule has 3 rings (SSSR count). The van der Waals surface area contributed by atoms with Crippen molar-refractivity contribution >= 4 is 23.4 Å². The molecule has 0 saturated heterocycles. The Morgan fingerprint density at radius 1 is 0.700 bits per heavy atom. The summed E-state index contributed by atoms with van der Waals surface area (Å²) in [7, 11) is 0. The van der Waals surface area contributed by atoms with Crippen molar-refractivity contribution in [3.05, 3.63) is 72.8 Å². The van der Waals surface area contributed by atoms with Crippen LogP contribution >= 0.6 is 12.6 Å². The molecule has 20 heavy (non-hydrogen) atoms. The van der Waals surface area contributed by atoms with Crippen LogP contribution < -0.4 is 9.47 Å². The topological polar surface area (TPSA) is 18.5 Å². The molecule has 0 spiro atoms. The number of thiol groups is 1. The Morgan fingerprint density at radius 3 is 2.25 bits per heavy atom. The van der Waals surface area contributed by atoms with Gasteiger partial charge in [0.05, 0.1) is 0 Å². The number of hydrogen-bond donors (Lipinski definition) is 1. The van der Waals surface area contributed by atoms with Gasteiger partial charge in [-0.15, -0.1) is 0 Å². The fourth-order valence-corrected chi connectivity index (χ4v) is 2.28. The van der Waals surface area contributed by atoms with Gasteiger partial charge in [-0.2, -0.15) is 0 Å². The van der Waals surface area contributed by atoms with Crippen molar-refractivity contribution in [3.63, 3.8) is 0 Å². The van der Waals surface area contributed by atoms with Crippen LogP contribution in [0.5, 0.6) is 11.5 Å². The van der Waals surface area contributed by atoms with Crippen molar-refractivity contribution in [2.45, 2.75) is 5.62 Å². The van der Waals surface area contributed by atoms with Crippen molar-refractivity contribution in [1.82, 2.24) is 0 Å². The third-order valence-corrected chi connectivity index (χ3v) is 3.17. The molecular weight excluding hydrogens is 268 g/mol. The van der Waals surface area contributed by atoms with Gasteiger partial charge in [-0.25, -0.2) is 0 Å². The van der Waals surface area contributed by atoms with Crippen LogP contribution in [0.4, 0.5) is 0 Å². The smallest absolute Gasteiger partial charge is 0.288 e. The fourth-order valence-electron chi connectivity index (χ4n) is 2.05. The summed E-state index contributed by atoms with van der Waals surface area (Å²) in [5.41, 5.74) is -0.650. The summed E-state index contributed by atoms with van der Waals surface area (Å²) in [5.74, 6) is 1.49. The fraction of sp³-hybridized carbons (Fsp3) is 0.0588. The highest BCUT2D eigenvalue weighted by atomic mass is 32.1.